The maximum atomic E-state index is 12.8. The van der Waals surface area contributed by atoms with Gasteiger partial charge in [0, 0.05) is 22.7 Å². The van der Waals surface area contributed by atoms with Crippen LogP contribution in [0.15, 0.2) is 60.9 Å². The molecule has 1 amide bonds. The van der Waals surface area contributed by atoms with E-state index >= 15 is 0 Å². The Labute approximate surface area is 181 Å². The zero-order valence-electron chi connectivity index (χ0n) is 17.1. The summed E-state index contributed by atoms with van der Waals surface area (Å²) in [6.45, 7) is 4.58. The number of H-pyrrole nitrogens is 1. The van der Waals surface area contributed by atoms with Crippen LogP contribution in [0.25, 0.3) is 10.9 Å². The van der Waals surface area contributed by atoms with Gasteiger partial charge in [-0.15, -0.1) is 12.4 Å². The quantitative estimate of drug-likeness (QED) is 0.438. The van der Waals surface area contributed by atoms with Crippen LogP contribution < -0.4 is 11.1 Å². The van der Waals surface area contributed by atoms with Crippen LogP contribution in [0, 0.1) is 13.8 Å². The van der Waals surface area contributed by atoms with Crippen molar-refractivity contribution >= 4 is 35.0 Å². The lowest BCUT2D eigenvalue weighted by atomic mass is 10.1. The molecule has 7 heteroatoms. The standard InChI is InChI=1S/C23H25N5O.ClH/c1-15-6-5-7-17(10-15)14-28-22(16(2)12-26-28)27-23(29)20(24)11-18-13-25-21-9-4-3-8-19(18)21;/h3-10,12-13,20,25H,11,14,24H2,1-2H3,(H,27,29);1H/t20-;/m1./s1. The number of nitrogens with two attached hydrogens (primary N) is 1. The zero-order valence-corrected chi connectivity index (χ0v) is 17.9. The van der Waals surface area contributed by atoms with Crippen LogP contribution in [0.4, 0.5) is 5.82 Å². The van der Waals surface area contributed by atoms with Crippen LogP contribution in [0.1, 0.15) is 22.3 Å². The van der Waals surface area contributed by atoms with E-state index in [0.29, 0.717) is 18.8 Å². The van der Waals surface area contributed by atoms with Crippen LogP contribution in [-0.4, -0.2) is 26.7 Å². The van der Waals surface area contributed by atoms with Gasteiger partial charge >= 0.3 is 0 Å². The minimum Gasteiger partial charge on any atom is -0.361 e. The monoisotopic (exact) mass is 423 g/mol. The van der Waals surface area contributed by atoms with E-state index in [2.05, 4.69) is 40.5 Å². The van der Waals surface area contributed by atoms with Gasteiger partial charge in [-0.05, 0) is 37.5 Å². The van der Waals surface area contributed by atoms with Gasteiger partial charge in [0.05, 0.1) is 18.8 Å². The van der Waals surface area contributed by atoms with Gasteiger partial charge < -0.3 is 16.0 Å². The van der Waals surface area contributed by atoms with Crippen molar-refractivity contribution < 1.29 is 4.79 Å². The van der Waals surface area contributed by atoms with Gasteiger partial charge in [0.15, 0.2) is 0 Å². The van der Waals surface area contributed by atoms with Crippen molar-refractivity contribution in [2.24, 2.45) is 5.73 Å². The number of amides is 1. The first-order chi connectivity index (χ1) is 14.0. The number of nitrogens with zero attached hydrogens (tertiary/aromatic N) is 2. The number of hydrogen-bond acceptors (Lipinski definition) is 3. The first-order valence-electron chi connectivity index (χ1n) is 9.70. The number of hydrogen-bond donors (Lipinski definition) is 3. The molecule has 30 heavy (non-hydrogen) atoms. The average Bonchev–Trinajstić information content (AvgIpc) is 3.26. The molecule has 2 heterocycles. The molecule has 0 saturated carbocycles. The smallest absolute Gasteiger partial charge is 0.242 e. The van der Waals surface area contributed by atoms with E-state index in [1.165, 1.54) is 5.56 Å². The molecule has 4 rings (SSSR count). The van der Waals surface area contributed by atoms with Gasteiger partial charge in [0.1, 0.15) is 5.82 Å². The molecule has 2 aromatic heterocycles. The number of carbonyl (C=O) groups excluding carboxylic acids is 1. The number of aromatic nitrogens is 3. The molecule has 0 aliphatic carbocycles. The van der Waals surface area contributed by atoms with Crippen molar-refractivity contribution in [3.8, 4) is 0 Å². The predicted molar refractivity (Wildman–Crippen MR) is 123 cm³/mol. The summed E-state index contributed by atoms with van der Waals surface area (Å²) in [7, 11) is 0. The molecule has 2 aromatic carbocycles. The summed E-state index contributed by atoms with van der Waals surface area (Å²) in [5.41, 5.74) is 11.5. The number of aromatic amines is 1. The zero-order chi connectivity index (χ0) is 20.4. The first-order valence-corrected chi connectivity index (χ1v) is 9.70. The minimum absolute atomic E-state index is 0. The second kappa shape index (κ2) is 9.15. The third-order valence-corrected chi connectivity index (χ3v) is 5.13. The molecular weight excluding hydrogens is 398 g/mol. The summed E-state index contributed by atoms with van der Waals surface area (Å²) in [6.07, 6.45) is 4.14. The molecule has 0 saturated heterocycles. The van der Waals surface area contributed by atoms with Crippen LogP contribution in [0.2, 0.25) is 0 Å². The Balaban J connectivity index is 0.00000256. The number of aryl methyl sites for hydroxylation is 2. The molecule has 0 spiro atoms. The number of nitrogens with one attached hydrogen (secondary N) is 2. The van der Waals surface area contributed by atoms with E-state index in [1.54, 1.807) is 10.9 Å². The number of para-hydroxylation sites is 1. The Hall–Kier alpha value is -3.09. The molecule has 0 bridgehead atoms. The Kier molecular flexibility index (Phi) is 6.59. The van der Waals surface area contributed by atoms with Crippen LogP contribution >= 0.6 is 12.4 Å². The van der Waals surface area contributed by atoms with Crippen LogP contribution in [0.5, 0.6) is 0 Å². The summed E-state index contributed by atoms with van der Waals surface area (Å²) >= 11 is 0. The summed E-state index contributed by atoms with van der Waals surface area (Å²) < 4.78 is 1.81. The highest BCUT2D eigenvalue weighted by atomic mass is 35.5. The lowest BCUT2D eigenvalue weighted by Crippen LogP contribution is -2.38. The fraction of sp³-hybridized carbons (Fsp3) is 0.217. The Bertz CT molecular complexity index is 1160. The largest absolute Gasteiger partial charge is 0.361 e. The average molecular weight is 424 g/mol. The van der Waals surface area contributed by atoms with E-state index in [4.69, 9.17) is 5.73 Å². The Morgan fingerprint density at radius 2 is 2.00 bits per heavy atom. The van der Waals surface area contributed by atoms with Gasteiger partial charge in [-0.25, -0.2) is 4.68 Å². The summed E-state index contributed by atoms with van der Waals surface area (Å²) in [5, 5.41) is 8.50. The second-order valence-electron chi connectivity index (χ2n) is 7.48. The van der Waals surface area contributed by atoms with Gasteiger partial charge in [-0.1, -0.05) is 48.0 Å². The minimum atomic E-state index is -0.657. The maximum absolute atomic E-state index is 12.8. The number of halogens is 1. The summed E-state index contributed by atoms with van der Waals surface area (Å²) in [4.78, 5) is 16.0. The molecule has 156 valence electrons. The van der Waals surface area contributed by atoms with E-state index in [1.807, 2.05) is 43.5 Å². The number of carbonyl (C=O) groups is 1. The highest BCUT2D eigenvalue weighted by Crippen LogP contribution is 2.20. The highest BCUT2D eigenvalue weighted by Gasteiger charge is 2.19. The van der Waals surface area contributed by atoms with Gasteiger partial charge in [-0.3, -0.25) is 4.79 Å². The molecule has 1 atom stereocenters. The van der Waals surface area contributed by atoms with Crippen LogP contribution in [-0.2, 0) is 17.8 Å². The van der Waals surface area contributed by atoms with E-state index in [-0.39, 0.29) is 18.3 Å². The summed E-state index contributed by atoms with van der Waals surface area (Å²) in [6, 6.07) is 15.6. The number of anilines is 1. The molecular formula is C23H26ClN5O. The number of fused-ring (bicyclic) bond motifs is 1. The highest BCUT2D eigenvalue weighted by molar-refractivity contribution is 5.95. The van der Waals surface area contributed by atoms with Crippen molar-refractivity contribution in [1.29, 1.82) is 0 Å². The molecule has 0 radical (unpaired) electrons. The molecule has 6 nitrogen and oxygen atoms in total. The van der Waals surface area contributed by atoms with Gasteiger partial charge in [0.25, 0.3) is 0 Å². The first kappa shape index (κ1) is 21.6. The number of rotatable bonds is 6. The topological polar surface area (TPSA) is 88.7 Å². The third-order valence-electron chi connectivity index (χ3n) is 5.13. The van der Waals surface area contributed by atoms with Crippen molar-refractivity contribution in [1.82, 2.24) is 14.8 Å². The fourth-order valence-corrected chi connectivity index (χ4v) is 3.58. The van der Waals surface area contributed by atoms with E-state index in [0.717, 1.165) is 27.6 Å². The second-order valence-corrected chi connectivity index (χ2v) is 7.48. The molecule has 4 aromatic rings. The van der Waals surface area contributed by atoms with Crippen molar-refractivity contribution in [2.75, 3.05) is 5.32 Å². The Morgan fingerprint density at radius 3 is 2.80 bits per heavy atom. The molecule has 0 aliphatic rings. The number of benzene rings is 2. The normalized spacial score (nSPS) is 11.8. The van der Waals surface area contributed by atoms with Crippen LogP contribution in [0.3, 0.4) is 0 Å². The van der Waals surface area contributed by atoms with Gasteiger partial charge in [0.2, 0.25) is 5.91 Å². The van der Waals surface area contributed by atoms with Crippen molar-refractivity contribution in [2.45, 2.75) is 32.9 Å². The fourth-order valence-electron chi connectivity index (χ4n) is 3.58. The third kappa shape index (κ3) is 4.56. The molecule has 0 aliphatic heterocycles. The molecule has 0 unspecified atom stereocenters. The molecule has 0 fully saturated rings. The predicted octanol–water partition coefficient (Wildman–Crippen LogP) is 3.96. The SMILES string of the molecule is Cc1cccc(Cn2ncc(C)c2NC(=O)[C@H](N)Cc2c[nH]c3ccccc23)c1.Cl. The van der Waals surface area contributed by atoms with Crippen molar-refractivity contribution in [3.05, 3.63) is 83.2 Å². The van der Waals surface area contributed by atoms with E-state index in [9.17, 15) is 4.79 Å². The Morgan fingerprint density at radius 1 is 1.20 bits per heavy atom. The summed E-state index contributed by atoms with van der Waals surface area (Å²) in [5.74, 6) is 0.468. The lowest BCUT2D eigenvalue weighted by Gasteiger charge is -2.14. The van der Waals surface area contributed by atoms with Gasteiger partial charge in [-0.2, -0.15) is 5.10 Å². The molecule has 4 N–H and O–H groups in total. The lowest BCUT2D eigenvalue weighted by molar-refractivity contribution is -0.117. The maximum Gasteiger partial charge on any atom is 0.242 e. The van der Waals surface area contributed by atoms with E-state index < -0.39 is 6.04 Å². The van der Waals surface area contributed by atoms with Crippen molar-refractivity contribution in [3.63, 3.8) is 0 Å².